The molecular formula is C30H32N2O4S. The van der Waals surface area contributed by atoms with Crippen LogP contribution in [0.25, 0.3) is 0 Å². The molecule has 0 saturated carbocycles. The highest BCUT2D eigenvalue weighted by Gasteiger charge is 2.10. The number of aliphatic hydroxyl groups is 2. The van der Waals surface area contributed by atoms with Crippen LogP contribution in [-0.4, -0.2) is 47.1 Å². The fourth-order valence-electron chi connectivity index (χ4n) is 3.47. The number of thioether (sulfide) groups is 1. The van der Waals surface area contributed by atoms with Crippen LogP contribution in [0.1, 0.15) is 0 Å². The first-order valence-corrected chi connectivity index (χ1v) is 13.3. The van der Waals surface area contributed by atoms with Gasteiger partial charge in [-0.05, 0) is 72.8 Å². The highest BCUT2D eigenvalue weighted by molar-refractivity contribution is 7.99. The van der Waals surface area contributed by atoms with E-state index in [2.05, 4.69) is 10.6 Å². The molecule has 0 bridgehead atoms. The summed E-state index contributed by atoms with van der Waals surface area (Å²) in [7, 11) is 0. The van der Waals surface area contributed by atoms with Crippen molar-refractivity contribution in [3.63, 3.8) is 0 Å². The summed E-state index contributed by atoms with van der Waals surface area (Å²) in [5.41, 5.74) is 3.96. The standard InChI is InChI=1S/C30H32N2O4S/c33-27(19-35-29-15-11-25(12-16-29)31-23-7-3-1-4-8-23)21-37-22-28(34)20-36-30-17-13-26(14-18-30)32-24-9-5-2-6-10-24/h1-18,27-28,31-34H,19-22H2. The number of ether oxygens (including phenoxy) is 2. The molecule has 0 aliphatic carbocycles. The Labute approximate surface area is 222 Å². The number of nitrogens with one attached hydrogen (secondary N) is 2. The normalized spacial score (nSPS) is 12.4. The van der Waals surface area contributed by atoms with Crippen molar-refractivity contribution in [2.75, 3.05) is 35.4 Å². The summed E-state index contributed by atoms with van der Waals surface area (Å²) in [5, 5.41) is 27.1. The lowest BCUT2D eigenvalue weighted by Crippen LogP contribution is -2.24. The number of hydrogen-bond donors (Lipinski definition) is 4. The van der Waals surface area contributed by atoms with E-state index in [1.54, 1.807) is 0 Å². The molecule has 7 heteroatoms. The van der Waals surface area contributed by atoms with Crippen molar-refractivity contribution in [2.24, 2.45) is 0 Å². The zero-order valence-corrected chi connectivity index (χ0v) is 21.3. The van der Waals surface area contributed by atoms with Crippen LogP contribution >= 0.6 is 11.8 Å². The second-order valence-electron chi connectivity index (χ2n) is 8.50. The molecule has 0 fully saturated rings. The fourth-order valence-corrected chi connectivity index (χ4v) is 4.34. The zero-order chi connectivity index (χ0) is 25.7. The fraction of sp³-hybridized carbons (Fsp3) is 0.200. The Morgan fingerprint density at radius 2 is 0.865 bits per heavy atom. The second kappa shape index (κ2) is 14.2. The largest absolute Gasteiger partial charge is 0.491 e. The maximum atomic E-state index is 10.2. The monoisotopic (exact) mass is 516 g/mol. The van der Waals surface area contributed by atoms with Gasteiger partial charge in [-0.3, -0.25) is 0 Å². The number of hydrogen-bond acceptors (Lipinski definition) is 7. The lowest BCUT2D eigenvalue weighted by Gasteiger charge is -2.15. The average Bonchev–Trinajstić information content (AvgIpc) is 2.93. The van der Waals surface area contributed by atoms with Gasteiger partial charge in [-0.2, -0.15) is 11.8 Å². The van der Waals surface area contributed by atoms with Gasteiger partial charge in [0.2, 0.25) is 0 Å². The topological polar surface area (TPSA) is 83.0 Å². The molecule has 37 heavy (non-hydrogen) atoms. The van der Waals surface area contributed by atoms with Gasteiger partial charge in [0.05, 0.1) is 12.2 Å². The van der Waals surface area contributed by atoms with E-state index in [4.69, 9.17) is 9.47 Å². The van der Waals surface area contributed by atoms with Crippen molar-refractivity contribution >= 4 is 34.5 Å². The lowest BCUT2D eigenvalue weighted by molar-refractivity contribution is 0.122. The number of para-hydroxylation sites is 2. The van der Waals surface area contributed by atoms with Gasteiger partial charge >= 0.3 is 0 Å². The van der Waals surface area contributed by atoms with Crippen LogP contribution in [-0.2, 0) is 0 Å². The molecule has 4 aromatic rings. The van der Waals surface area contributed by atoms with E-state index in [0.717, 1.165) is 22.7 Å². The van der Waals surface area contributed by atoms with Crippen molar-refractivity contribution in [3.05, 3.63) is 109 Å². The Kier molecular flexibility index (Phi) is 10.1. The molecule has 0 spiro atoms. The van der Waals surface area contributed by atoms with Gasteiger partial charge in [0.1, 0.15) is 24.7 Å². The molecule has 192 valence electrons. The minimum atomic E-state index is -0.634. The number of aliphatic hydroxyl groups excluding tert-OH is 2. The molecule has 0 saturated heterocycles. The molecule has 4 N–H and O–H groups in total. The van der Waals surface area contributed by atoms with Gasteiger partial charge in [-0.15, -0.1) is 0 Å². The predicted molar refractivity (Wildman–Crippen MR) is 153 cm³/mol. The average molecular weight is 517 g/mol. The van der Waals surface area contributed by atoms with E-state index in [-0.39, 0.29) is 13.2 Å². The molecule has 0 aliphatic rings. The SMILES string of the molecule is OC(COc1ccc(Nc2ccccc2)cc1)CSCC(O)COc1ccc(Nc2ccccc2)cc1. The molecule has 4 rings (SSSR count). The summed E-state index contributed by atoms with van der Waals surface area (Å²) in [6.07, 6.45) is -1.27. The summed E-state index contributed by atoms with van der Waals surface area (Å²) in [4.78, 5) is 0. The van der Waals surface area contributed by atoms with Crippen LogP contribution in [0.3, 0.4) is 0 Å². The van der Waals surface area contributed by atoms with E-state index in [1.807, 2.05) is 109 Å². The third kappa shape index (κ3) is 9.38. The Morgan fingerprint density at radius 1 is 0.514 bits per heavy atom. The van der Waals surface area contributed by atoms with Crippen molar-refractivity contribution in [3.8, 4) is 11.5 Å². The smallest absolute Gasteiger partial charge is 0.119 e. The van der Waals surface area contributed by atoms with Crippen molar-refractivity contribution in [1.29, 1.82) is 0 Å². The molecule has 4 aromatic carbocycles. The molecule has 2 unspecified atom stereocenters. The maximum absolute atomic E-state index is 10.2. The molecule has 0 heterocycles. The van der Waals surface area contributed by atoms with Gasteiger partial charge in [0.15, 0.2) is 0 Å². The highest BCUT2D eigenvalue weighted by atomic mass is 32.2. The zero-order valence-electron chi connectivity index (χ0n) is 20.5. The first-order valence-electron chi connectivity index (χ1n) is 12.2. The van der Waals surface area contributed by atoms with Crippen molar-refractivity contribution < 1.29 is 19.7 Å². The van der Waals surface area contributed by atoms with Gasteiger partial charge < -0.3 is 30.3 Å². The van der Waals surface area contributed by atoms with Crippen molar-refractivity contribution in [1.82, 2.24) is 0 Å². The minimum Gasteiger partial charge on any atom is -0.491 e. The molecule has 0 amide bonds. The van der Waals surface area contributed by atoms with E-state index >= 15 is 0 Å². The van der Waals surface area contributed by atoms with Gasteiger partial charge in [-0.25, -0.2) is 0 Å². The van der Waals surface area contributed by atoms with Crippen LogP contribution in [0.5, 0.6) is 11.5 Å². The van der Waals surface area contributed by atoms with E-state index in [0.29, 0.717) is 23.0 Å². The third-order valence-corrected chi connectivity index (χ3v) is 6.58. The molecule has 2 atom stereocenters. The first-order chi connectivity index (χ1) is 18.1. The number of benzene rings is 4. The Bertz CT molecular complexity index is 1080. The van der Waals surface area contributed by atoms with Crippen LogP contribution in [0.2, 0.25) is 0 Å². The summed E-state index contributed by atoms with van der Waals surface area (Å²) in [6.45, 7) is 0.378. The van der Waals surface area contributed by atoms with E-state index in [9.17, 15) is 10.2 Å². The van der Waals surface area contributed by atoms with Crippen LogP contribution in [0.4, 0.5) is 22.7 Å². The van der Waals surface area contributed by atoms with E-state index in [1.165, 1.54) is 11.8 Å². The minimum absolute atomic E-state index is 0.189. The summed E-state index contributed by atoms with van der Waals surface area (Å²) in [5.74, 6) is 2.32. The summed E-state index contributed by atoms with van der Waals surface area (Å²) in [6, 6.07) is 35.1. The third-order valence-electron chi connectivity index (χ3n) is 5.34. The Morgan fingerprint density at radius 3 is 1.24 bits per heavy atom. The Balaban J connectivity index is 1.09. The summed E-state index contributed by atoms with van der Waals surface area (Å²) < 4.78 is 11.4. The number of anilines is 4. The molecule has 0 radical (unpaired) electrons. The van der Waals surface area contributed by atoms with Gasteiger partial charge in [0.25, 0.3) is 0 Å². The van der Waals surface area contributed by atoms with Gasteiger partial charge in [0, 0.05) is 34.3 Å². The van der Waals surface area contributed by atoms with Crippen molar-refractivity contribution in [2.45, 2.75) is 12.2 Å². The number of rotatable bonds is 14. The Hall–Kier alpha value is -3.65. The highest BCUT2D eigenvalue weighted by Crippen LogP contribution is 2.21. The molecule has 0 aromatic heterocycles. The molecule has 0 aliphatic heterocycles. The van der Waals surface area contributed by atoms with Crippen LogP contribution < -0.4 is 20.1 Å². The molecular weight excluding hydrogens is 484 g/mol. The van der Waals surface area contributed by atoms with Gasteiger partial charge in [-0.1, -0.05) is 36.4 Å². The summed E-state index contributed by atoms with van der Waals surface area (Å²) >= 11 is 1.47. The second-order valence-corrected chi connectivity index (χ2v) is 9.57. The maximum Gasteiger partial charge on any atom is 0.119 e. The van der Waals surface area contributed by atoms with Crippen LogP contribution in [0, 0.1) is 0 Å². The van der Waals surface area contributed by atoms with E-state index < -0.39 is 12.2 Å². The lowest BCUT2D eigenvalue weighted by atomic mass is 10.2. The van der Waals surface area contributed by atoms with Crippen LogP contribution in [0.15, 0.2) is 109 Å². The molecule has 6 nitrogen and oxygen atoms in total. The quantitative estimate of drug-likeness (QED) is 0.162. The predicted octanol–water partition coefficient (Wildman–Crippen LogP) is 6.09. The first kappa shape index (κ1) is 26.4.